The molecule has 0 fully saturated rings. The van der Waals surface area contributed by atoms with E-state index < -0.39 is 0 Å². The fourth-order valence-corrected chi connectivity index (χ4v) is 3.05. The zero-order chi connectivity index (χ0) is 17.4. The summed E-state index contributed by atoms with van der Waals surface area (Å²) >= 11 is 0. The number of nitrogens with two attached hydrogens (primary N) is 1. The van der Waals surface area contributed by atoms with Gasteiger partial charge in [-0.3, -0.25) is 4.79 Å². The summed E-state index contributed by atoms with van der Waals surface area (Å²) in [7, 11) is 0. The van der Waals surface area contributed by atoms with E-state index in [1.54, 1.807) is 0 Å². The molecule has 3 N–H and O–H groups in total. The van der Waals surface area contributed by atoms with Gasteiger partial charge in [0.1, 0.15) is 0 Å². The average molecular weight is 324 g/mol. The Balaban J connectivity index is 2.12. The van der Waals surface area contributed by atoms with Crippen molar-refractivity contribution in [1.29, 1.82) is 0 Å². The van der Waals surface area contributed by atoms with Gasteiger partial charge in [-0.15, -0.1) is 0 Å². The lowest BCUT2D eigenvalue weighted by Crippen LogP contribution is -2.41. The Bertz CT molecular complexity index is 571. The SMILES string of the molecule is CC(C)CC(CN)NC(=O)CC(c1ccccc1)c1ccccc1. The molecule has 0 heterocycles. The van der Waals surface area contributed by atoms with E-state index >= 15 is 0 Å². The van der Waals surface area contributed by atoms with E-state index in [1.165, 1.54) is 0 Å². The molecule has 128 valence electrons. The van der Waals surface area contributed by atoms with Gasteiger partial charge in [0.25, 0.3) is 0 Å². The Labute approximate surface area is 145 Å². The van der Waals surface area contributed by atoms with Crippen molar-refractivity contribution in [1.82, 2.24) is 5.32 Å². The first-order valence-corrected chi connectivity index (χ1v) is 8.69. The topological polar surface area (TPSA) is 55.1 Å². The Morgan fingerprint density at radius 1 is 0.958 bits per heavy atom. The number of carbonyl (C=O) groups is 1. The number of carbonyl (C=O) groups excluding carboxylic acids is 1. The van der Waals surface area contributed by atoms with Crippen LogP contribution < -0.4 is 11.1 Å². The summed E-state index contributed by atoms with van der Waals surface area (Å²) in [5, 5.41) is 3.10. The maximum Gasteiger partial charge on any atom is 0.221 e. The zero-order valence-electron chi connectivity index (χ0n) is 14.6. The molecule has 24 heavy (non-hydrogen) atoms. The van der Waals surface area contributed by atoms with Crippen molar-refractivity contribution in [2.24, 2.45) is 11.7 Å². The molecule has 0 bridgehead atoms. The van der Waals surface area contributed by atoms with Crippen LogP contribution in [0.2, 0.25) is 0 Å². The van der Waals surface area contributed by atoms with Gasteiger partial charge in [0, 0.05) is 24.9 Å². The second kappa shape index (κ2) is 9.24. The van der Waals surface area contributed by atoms with Gasteiger partial charge in [-0.1, -0.05) is 74.5 Å². The number of hydrogen-bond donors (Lipinski definition) is 2. The number of rotatable bonds is 8. The molecule has 3 nitrogen and oxygen atoms in total. The van der Waals surface area contributed by atoms with E-state index in [2.05, 4.69) is 43.4 Å². The van der Waals surface area contributed by atoms with Crippen LogP contribution in [0.3, 0.4) is 0 Å². The minimum atomic E-state index is 0.0460. The zero-order valence-corrected chi connectivity index (χ0v) is 14.6. The largest absolute Gasteiger partial charge is 0.352 e. The van der Waals surface area contributed by atoms with Crippen LogP contribution in [0.15, 0.2) is 60.7 Å². The molecule has 0 radical (unpaired) electrons. The van der Waals surface area contributed by atoms with Crippen LogP contribution in [0.25, 0.3) is 0 Å². The van der Waals surface area contributed by atoms with Gasteiger partial charge >= 0.3 is 0 Å². The second-order valence-corrected chi connectivity index (χ2v) is 6.71. The van der Waals surface area contributed by atoms with Crippen LogP contribution in [0.1, 0.15) is 43.7 Å². The highest BCUT2D eigenvalue weighted by Gasteiger charge is 2.20. The molecule has 2 rings (SSSR count). The third-order valence-electron chi connectivity index (χ3n) is 4.20. The Morgan fingerprint density at radius 2 is 1.46 bits per heavy atom. The molecule has 0 aliphatic heterocycles. The molecule has 3 heteroatoms. The third-order valence-corrected chi connectivity index (χ3v) is 4.20. The lowest BCUT2D eigenvalue weighted by molar-refractivity contribution is -0.122. The molecule has 0 aliphatic carbocycles. The molecule has 0 aromatic heterocycles. The minimum absolute atomic E-state index is 0.0460. The highest BCUT2D eigenvalue weighted by molar-refractivity contribution is 5.78. The molecule has 0 aliphatic rings. The summed E-state index contributed by atoms with van der Waals surface area (Å²) < 4.78 is 0. The molecule has 2 aromatic carbocycles. The molecule has 1 amide bonds. The van der Waals surface area contributed by atoms with Crippen molar-refractivity contribution < 1.29 is 4.79 Å². The lowest BCUT2D eigenvalue weighted by atomic mass is 9.88. The molecular weight excluding hydrogens is 296 g/mol. The van der Waals surface area contributed by atoms with E-state index in [4.69, 9.17) is 5.73 Å². The highest BCUT2D eigenvalue weighted by Crippen LogP contribution is 2.27. The molecule has 0 spiro atoms. The first-order chi connectivity index (χ1) is 11.6. The van der Waals surface area contributed by atoms with Gasteiger partial charge in [-0.25, -0.2) is 0 Å². The van der Waals surface area contributed by atoms with Gasteiger partial charge in [0.05, 0.1) is 0 Å². The van der Waals surface area contributed by atoms with Gasteiger partial charge in [0.15, 0.2) is 0 Å². The van der Waals surface area contributed by atoms with Crippen molar-refractivity contribution in [2.45, 2.75) is 38.6 Å². The van der Waals surface area contributed by atoms with Crippen molar-refractivity contribution in [3.05, 3.63) is 71.8 Å². The van der Waals surface area contributed by atoms with E-state index in [0.717, 1.165) is 17.5 Å². The molecule has 0 saturated heterocycles. The predicted molar refractivity (Wildman–Crippen MR) is 99.8 cm³/mol. The Morgan fingerprint density at radius 3 is 1.88 bits per heavy atom. The molecular formula is C21H28N2O. The fraction of sp³-hybridized carbons (Fsp3) is 0.381. The number of amides is 1. The van der Waals surface area contributed by atoms with Gasteiger partial charge in [0.2, 0.25) is 5.91 Å². The van der Waals surface area contributed by atoms with Crippen LogP contribution in [0.5, 0.6) is 0 Å². The molecule has 0 saturated carbocycles. The van der Waals surface area contributed by atoms with Crippen LogP contribution in [-0.2, 0) is 4.79 Å². The third kappa shape index (κ3) is 5.50. The first-order valence-electron chi connectivity index (χ1n) is 8.69. The molecule has 1 unspecified atom stereocenters. The summed E-state index contributed by atoms with van der Waals surface area (Å²) in [5.41, 5.74) is 8.13. The van der Waals surface area contributed by atoms with E-state index in [0.29, 0.717) is 18.9 Å². The first kappa shape index (κ1) is 18.2. The highest BCUT2D eigenvalue weighted by atomic mass is 16.1. The molecule has 1 atom stereocenters. The van der Waals surface area contributed by atoms with Crippen molar-refractivity contribution in [3.8, 4) is 0 Å². The van der Waals surface area contributed by atoms with E-state index in [-0.39, 0.29) is 17.9 Å². The quantitative estimate of drug-likeness (QED) is 0.778. The maximum atomic E-state index is 12.6. The van der Waals surface area contributed by atoms with E-state index in [1.807, 2.05) is 36.4 Å². The summed E-state index contributed by atoms with van der Waals surface area (Å²) in [4.78, 5) is 12.6. The van der Waals surface area contributed by atoms with Gasteiger partial charge in [-0.2, -0.15) is 0 Å². The van der Waals surface area contributed by atoms with E-state index in [9.17, 15) is 4.79 Å². The monoisotopic (exact) mass is 324 g/mol. The van der Waals surface area contributed by atoms with Crippen molar-refractivity contribution in [2.75, 3.05) is 6.54 Å². The van der Waals surface area contributed by atoms with Gasteiger partial charge in [-0.05, 0) is 23.5 Å². The summed E-state index contributed by atoms with van der Waals surface area (Å²) in [6.45, 7) is 4.77. The summed E-state index contributed by atoms with van der Waals surface area (Å²) in [5.74, 6) is 0.631. The lowest BCUT2D eigenvalue weighted by Gasteiger charge is -2.22. The number of nitrogens with one attached hydrogen (secondary N) is 1. The standard InChI is InChI=1S/C21H28N2O/c1-16(2)13-19(15-22)23-21(24)14-20(17-9-5-3-6-10-17)18-11-7-4-8-12-18/h3-12,16,19-20H,13-15,22H2,1-2H3,(H,23,24). The molecule has 2 aromatic rings. The number of hydrogen-bond acceptors (Lipinski definition) is 2. The van der Waals surface area contributed by atoms with Crippen LogP contribution in [0, 0.1) is 5.92 Å². The second-order valence-electron chi connectivity index (χ2n) is 6.71. The van der Waals surface area contributed by atoms with Crippen LogP contribution >= 0.6 is 0 Å². The smallest absolute Gasteiger partial charge is 0.221 e. The predicted octanol–water partition coefficient (Wildman–Crippen LogP) is 3.70. The average Bonchev–Trinajstić information content (AvgIpc) is 2.60. The Hall–Kier alpha value is -2.13. The Kier molecular flexibility index (Phi) is 7.01. The van der Waals surface area contributed by atoms with Crippen molar-refractivity contribution in [3.63, 3.8) is 0 Å². The summed E-state index contributed by atoms with van der Waals surface area (Å²) in [6, 6.07) is 20.4. The minimum Gasteiger partial charge on any atom is -0.352 e. The van der Waals surface area contributed by atoms with Crippen LogP contribution in [0.4, 0.5) is 0 Å². The van der Waals surface area contributed by atoms with Crippen LogP contribution in [-0.4, -0.2) is 18.5 Å². The number of benzene rings is 2. The fourth-order valence-electron chi connectivity index (χ4n) is 3.05. The normalized spacial score (nSPS) is 12.4. The maximum absolute atomic E-state index is 12.6. The van der Waals surface area contributed by atoms with Crippen molar-refractivity contribution >= 4 is 5.91 Å². The van der Waals surface area contributed by atoms with Gasteiger partial charge < -0.3 is 11.1 Å². The summed E-state index contributed by atoms with van der Waals surface area (Å²) in [6.07, 6.45) is 1.34.